The van der Waals surface area contributed by atoms with E-state index in [2.05, 4.69) is 27.0 Å². The Morgan fingerprint density at radius 2 is 1.96 bits per heavy atom. The van der Waals surface area contributed by atoms with Crippen molar-refractivity contribution < 1.29 is 9.72 Å². The molecule has 3 rings (SSSR count). The molecular weight excluding hydrogens is 366 g/mol. The standard InChI is InChI=1S/C18H23N5O3S/c1-2-22-17(13-6-4-3-5-7-13)20-21-18(22)27-12-16(24)19-14-8-10-15(11-9-14)23(25)26/h8-11,13H,2-7,12H2,1H3,(H,19,24). The Hall–Kier alpha value is -2.42. The highest BCUT2D eigenvalue weighted by molar-refractivity contribution is 7.99. The summed E-state index contributed by atoms with van der Waals surface area (Å²) in [5.41, 5.74) is 0.528. The van der Waals surface area contributed by atoms with Gasteiger partial charge < -0.3 is 9.88 Å². The predicted molar refractivity (Wildman–Crippen MR) is 104 cm³/mol. The van der Waals surface area contributed by atoms with Crippen molar-refractivity contribution in [2.75, 3.05) is 11.1 Å². The third-order valence-electron chi connectivity index (χ3n) is 4.73. The maximum absolute atomic E-state index is 12.2. The summed E-state index contributed by atoms with van der Waals surface area (Å²) in [5, 5.41) is 22.9. The van der Waals surface area contributed by atoms with Crippen molar-refractivity contribution in [2.45, 2.75) is 56.6 Å². The van der Waals surface area contributed by atoms with Gasteiger partial charge in [-0.25, -0.2) is 0 Å². The Balaban J connectivity index is 1.58. The fourth-order valence-corrected chi connectivity index (χ4v) is 4.17. The average molecular weight is 389 g/mol. The van der Waals surface area contributed by atoms with Crippen molar-refractivity contribution in [3.63, 3.8) is 0 Å². The minimum absolute atomic E-state index is 0.00587. The second-order valence-corrected chi connectivity index (χ2v) is 7.50. The van der Waals surface area contributed by atoms with Crippen LogP contribution in [0, 0.1) is 10.1 Å². The second kappa shape index (κ2) is 8.98. The first-order valence-electron chi connectivity index (χ1n) is 9.18. The number of benzene rings is 1. The monoisotopic (exact) mass is 389 g/mol. The fraction of sp³-hybridized carbons (Fsp3) is 0.500. The summed E-state index contributed by atoms with van der Waals surface area (Å²) in [5.74, 6) is 1.53. The molecule has 1 heterocycles. The number of aromatic nitrogens is 3. The largest absolute Gasteiger partial charge is 0.325 e. The Bertz CT molecular complexity index is 800. The molecule has 1 aliphatic carbocycles. The molecule has 8 nitrogen and oxygen atoms in total. The zero-order chi connectivity index (χ0) is 19.2. The first-order chi connectivity index (χ1) is 13.1. The van der Waals surface area contributed by atoms with Gasteiger partial charge in [-0.2, -0.15) is 0 Å². The molecular formula is C18H23N5O3S. The average Bonchev–Trinajstić information content (AvgIpc) is 3.10. The van der Waals surface area contributed by atoms with Gasteiger partial charge in [-0.15, -0.1) is 10.2 Å². The van der Waals surface area contributed by atoms with Gasteiger partial charge in [0.05, 0.1) is 10.7 Å². The van der Waals surface area contributed by atoms with Gasteiger partial charge in [-0.1, -0.05) is 31.0 Å². The molecule has 9 heteroatoms. The first-order valence-corrected chi connectivity index (χ1v) is 10.2. The van der Waals surface area contributed by atoms with Crippen LogP contribution in [0.15, 0.2) is 29.4 Å². The molecule has 0 aliphatic heterocycles. The summed E-state index contributed by atoms with van der Waals surface area (Å²) in [6.45, 7) is 2.85. The lowest BCUT2D eigenvalue weighted by molar-refractivity contribution is -0.384. The third-order valence-corrected chi connectivity index (χ3v) is 5.69. The minimum atomic E-state index is -0.469. The van der Waals surface area contributed by atoms with E-state index in [1.807, 2.05) is 0 Å². The molecule has 0 spiro atoms. The number of carbonyl (C=O) groups excluding carboxylic acids is 1. The number of anilines is 1. The van der Waals surface area contributed by atoms with Crippen molar-refractivity contribution >= 4 is 29.0 Å². The van der Waals surface area contributed by atoms with Gasteiger partial charge >= 0.3 is 0 Å². The van der Waals surface area contributed by atoms with Crippen LogP contribution in [0.3, 0.4) is 0 Å². The van der Waals surface area contributed by atoms with Crippen molar-refractivity contribution in [3.8, 4) is 0 Å². The SMILES string of the molecule is CCn1c(SCC(=O)Nc2ccc([N+](=O)[O-])cc2)nnc1C1CCCCC1. The van der Waals surface area contributed by atoms with Crippen LogP contribution < -0.4 is 5.32 Å². The molecule has 144 valence electrons. The number of nitrogens with one attached hydrogen (secondary N) is 1. The van der Waals surface area contributed by atoms with E-state index in [1.165, 1.54) is 55.3 Å². The molecule has 1 aromatic carbocycles. The highest BCUT2D eigenvalue weighted by atomic mass is 32.2. The summed E-state index contributed by atoms with van der Waals surface area (Å²) in [6.07, 6.45) is 6.08. The number of nitro groups is 1. The summed E-state index contributed by atoms with van der Waals surface area (Å²) in [7, 11) is 0. The number of thioether (sulfide) groups is 1. The number of rotatable bonds is 7. The molecule has 0 atom stereocenters. The highest BCUT2D eigenvalue weighted by Gasteiger charge is 2.23. The lowest BCUT2D eigenvalue weighted by atomic mass is 9.89. The minimum Gasteiger partial charge on any atom is -0.325 e. The van der Waals surface area contributed by atoms with Gasteiger partial charge in [0.15, 0.2) is 5.16 Å². The van der Waals surface area contributed by atoms with Gasteiger partial charge in [0, 0.05) is 30.3 Å². The van der Waals surface area contributed by atoms with Crippen LogP contribution in [0.25, 0.3) is 0 Å². The predicted octanol–water partition coefficient (Wildman–Crippen LogP) is 3.98. The van der Waals surface area contributed by atoms with E-state index < -0.39 is 4.92 Å². The smallest absolute Gasteiger partial charge is 0.269 e. The lowest BCUT2D eigenvalue weighted by Gasteiger charge is -2.21. The van der Waals surface area contributed by atoms with Crippen LogP contribution in [-0.4, -0.2) is 31.3 Å². The molecule has 0 unspecified atom stereocenters. The van der Waals surface area contributed by atoms with Gasteiger partial charge in [0.1, 0.15) is 5.82 Å². The van der Waals surface area contributed by atoms with Crippen molar-refractivity contribution in [2.24, 2.45) is 0 Å². The molecule has 1 fully saturated rings. The van der Waals surface area contributed by atoms with Gasteiger partial charge in [0.25, 0.3) is 5.69 Å². The Labute approximate surface area is 161 Å². The van der Waals surface area contributed by atoms with Gasteiger partial charge in [-0.05, 0) is 31.9 Å². The topological polar surface area (TPSA) is 103 Å². The summed E-state index contributed by atoms with van der Waals surface area (Å²) < 4.78 is 2.11. The number of non-ortho nitro benzene ring substituents is 1. The zero-order valence-corrected chi connectivity index (χ0v) is 16.1. The van der Waals surface area contributed by atoms with Crippen LogP contribution in [0.4, 0.5) is 11.4 Å². The van der Waals surface area contributed by atoms with Crippen LogP contribution in [0.2, 0.25) is 0 Å². The van der Waals surface area contributed by atoms with E-state index in [4.69, 9.17) is 0 Å². The number of hydrogen-bond donors (Lipinski definition) is 1. The van der Waals surface area contributed by atoms with Gasteiger partial charge in [-0.3, -0.25) is 14.9 Å². The normalized spacial score (nSPS) is 14.9. The highest BCUT2D eigenvalue weighted by Crippen LogP contribution is 2.33. The molecule has 27 heavy (non-hydrogen) atoms. The maximum Gasteiger partial charge on any atom is 0.269 e. The number of hydrogen-bond acceptors (Lipinski definition) is 6. The molecule has 1 saturated carbocycles. The van der Waals surface area contributed by atoms with E-state index in [9.17, 15) is 14.9 Å². The molecule has 1 aromatic heterocycles. The number of carbonyl (C=O) groups is 1. The number of amides is 1. The summed E-state index contributed by atoms with van der Waals surface area (Å²) in [6, 6.07) is 5.78. The van der Waals surface area contributed by atoms with Crippen LogP contribution >= 0.6 is 11.8 Å². The van der Waals surface area contributed by atoms with E-state index in [1.54, 1.807) is 0 Å². The molecule has 1 aliphatic rings. The van der Waals surface area contributed by atoms with E-state index in [0.717, 1.165) is 30.4 Å². The third kappa shape index (κ3) is 4.85. The van der Waals surface area contributed by atoms with E-state index in [-0.39, 0.29) is 17.3 Å². The first kappa shape index (κ1) is 19.3. The Morgan fingerprint density at radius 3 is 2.59 bits per heavy atom. The maximum atomic E-state index is 12.2. The second-order valence-electron chi connectivity index (χ2n) is 6.56. The summed E-state index contributed by atoms with van der Waals surface area (Å²) in [4.78, 5) is 22.4. The molecule has 0 saturated heterocycles. The number of nitrogens with zero attached hydrogens (tertiary/aromatic N) is 4. The quantitative estimate of drug-likeness (QED) is 0.436. The Morgan fingerprint density at radius 1 is 1.26 bits per heavy atom. The van der Waals surface area contributed by atoms with E-state index >= 15 is 0 Å². The zero-order valence-electron chi connectivity index (χ0n) is 15.3. The summed E-state index contributed by atoms with van der Waals surface area (Å²) >= 11 is 1.36. The molecule has 2 aromatic rings. The Kier molecular flexibility index (Phi) is 6.44. The molecule has 0 radical (unpaired) electrons. The van der Waals surface area contributed by atoms with Crippen molar-refractivity contribution in [3.05, 3.63) is 40.2 Å². The molecule has 0 bridgehead atoms. The lowest BCUT2D eigenvalue weighted by Crippen LogP contribution is -2.15. The van der Waals surface area contributed by atoms with Crippen LogP contribution in [-0.2, 0) is 11.3 Å². The van der Waals surface area contributed by atoms with Crippen LogP contribution in [0.5, 0.6) is 0 Å². The van der Waals surface area contributed by atoms with Crippen molar-refractivity contribution in [1.29, 1.82) is 0 Å². The number of nitro benzene ring substituents is 1. The van der Waals surface area contributed by atoms with Crippen molar-refractivity contribution in [1.82, 2.24) is 14.8 Å². The molecule has 1 amide bonds. The molecule has 1 N–H and O–H groups in total. The fourth-order valence-electron chi connectivity index (χ4n) is 3.36. The van der Waals surface area contributed by atoms with Gasteiger partial charge in [0.2, 0.25) is 5.91 Å². The van der Waals surface area contributed by atoms with Crippen LogP contribution in [0.1, 0.15) is 50.8 Å². The van der Waals surface area contributed by atoms with E-state index in [0.29, 0.717) is 11.6 Å².